The van der Waals surface area contributed by atoms with E-state index in [1.165, 1.54) is 4.31 Å². The molecule has 1 aromatic heterocycles. The Hall–Kier alpha value is -2.36. The van der Waals surface area contributed by atoms with E-state index in [0.717, 1.165) is 29.7 Å². The lowest BCUT2D eigenvalue weighted by Crippen LogP contribution is -2.45. The van der Waals surface area contributed by atoms with E-state index in [1.54, 1.807) is 18.3 Å². The monoisotopic (exact) mass is 419 g/mol. The smallest absolute Gasteiger partial charge is 0.279 e. The van der Waals surface area contributed by atoms with Crippen molar-refractivity contribution >= 4 is 10.2 Å². The molecule has 1 fully saturated rings. The van der Waals surface area contributed by atoms with Crippen LogP contribution in [0.2, 0.25) is 0 Å². The highest BCUT2D eigenvalue weighted by Gasteiger charge is 2.26. The van der Waals surface area contributed by atoms with Crippen molar-refractivity contribution in [1.29, 1.82) is 0 Å². The van der Waals surface area contributed by atoms with Crippen molar-refractivity contribution in [2.75, 3.05) is 19.9 Å². The predicted octanol–water partition coefficient (Wildman–Crippen LogP) is 2.46. The van der Waals surface area contributed by atoms with Crippen LogP contribution in [0.25, 0.3) is 0 Å². The highest BCUT2D eigenvalue weighted by atomic mass is 32.2. The minimum Gasteiger partial charge on any atom is -0.473 e. The summed E-state index contributed by atoms with van der Waals surface area (Å²) in [7, 11) is -3.49. The molecule has 8 nitrogen and oxygen atoms in total. The summed E-state index contributed by atoms with van der Waals surface area (Å²) in [6.45, 7) is 3.96. The van der Waals surface area contributed by atoms with E-state index in [-0.39, 0.29) is 13.3 Å². The molecule has 156 valence electrons. The Bertz CT molecular complexity index is 966. The van der Waals surface area contributed by atoms with E-state index in [0.29, 0.717) is 37.2 Å². The average molecular weight is 420 g/mol. The molecule has 0 bridgehead atoms. The lowest BCUT2D eigenvalue weighted by molar-refractivity contribution is 0.174. The summed E-state index contributed by atoms with van der Waals surface area (Å²) in [5, 5.41) is 0. The maximum atomic E-state index is 12.5. The van der Waals surface area contributed by atoms with E-state index in [2.05, 4.69) is 16.6 Å². The quantitative estimate of drug-likeness (QED) is 0.742. The molecule has 0 radical (unpaired) electrons. The van der Waals surface area contributed by atoms with Crippen LogP contribution in [0, 0.1) is 5.92 Å². The van der Waals surface area contributed by atoms with Gasteiger partial charge in [-0.05, 0) is 48.1 Å². The molecule has 0 unspecified atom stereocenters. The standard InChI is InChI=1S/C20H25N3O5S/c1-15-3-2-8-23(12-15)29(24,25)22-11-16-6-7-21-20(10-16)26-13-17-4-5-18-19(9-17)28-14-27-18/h4-7,9-10,15,22H,2-3,8,11-14H2,1H3/t15-/m0/s1. The van der Waals surface area contributed by atoms with Crippen molar-refractivity contribution in [3.63, 3.8) is 0 Å². The summed E-state index contributed by atoms with van der Waals surface area (Å²) < 4.78 is 45.7. The SMILES string of the molecule is C[C@H]1CCCN(S(=O)(=O)NCc2ccnc(OCc3ccc4c(c3)OCO4)c2)C1. The molecule has 1 atom stereocenters. The van der Waals surface area contributed by atoms with Crippen molar-refractivity contribution in [1.82, 2.24) is 14.0 Å². The predicted molar refractivity (Wildman–Crippen MR) is 107 cm³/mol. The molecule has 0 saturated carbocycles. The molecule has 2 aliphatic heterocycles. The Morgan fingerprint density at radius 1 is 1.21 bits per heavy atom. The third-order valence-corrected chi connectivity index (χ3v) is 6.56. The van der Waals surface area contributed by atoms with Gasteiger partial charge in [0.2, 0.25) is 12.7 Å². The number of pyridine rings is 1. The summed E-state index contributed by atoms with van der Waals surface area (Å²) in [5.74, 6) is 2.25. The molecule has 1 aromatic carbocycles. The molecule has 1 N–H and O–H groups in total. The zero-order valence-corrected chi connectivity index (χ0v) is 17.2. The van der Waals surface area contributed by atoms with Gasteiger partial charge in [0, 0.05) is 31.9 Å². The average Bonchev–Trinajstić information content (AvgIpc) is 3.19. The maximum Gasteiger partial charge on any atom is 0.279 e. The molecular formula is C20H25N3O5S. The van der Waals surface area contributed by atoms with E-state index in [9.17, 15) is 8.42 Å². The second kappa shape index (κ2) is 8.56. The minimum absolute atomic E-state index is 0.191. The fourth-order valence-electron chi connectivity index (χ4n) is 3.46. The largest absolute Gasteiger partial charge is 0.473 e. The summed E-state index contributed by atoms with van der Waals surface area (Å²) in [6.07, 6.45) is 3.58. The fourth-order valence-corrected chi connectivity index (χ4v) is 4.81. The van der Waals surface area contributed by atoms with Crippen LogP contribution in [0.4, 0.5) is 0 Å². The zero-order chi connectivity index (χ0) is 20.3. The number of nitrogens with zero attached hydrogens (tertiary/aromatic N) is 2. The van der Waals surface area contributed by atoms with Crippen LogP contribution in [0.1, 0.15) is 30.9 Å². The van der Waals surface area contributed by atoms with Crippen LogP contribution in [-0.2, 0) is 23.4 Å². The number of ether oxygens (including phenoxy) is 3. The number of fused-ring (bicyclic) bond motifs is 1. The Morgan fingerprint density at radius 2 is 2.07 bits per heavy atom. The topological polar surface area (TPSA) is 90.0 Å². The normalized spacial score (nSPS) is 19.3. The van der Waals surface area contributed by atoms with Gasteiger partial charge in [0.25, 0.3) is 10.2 Å². The van der Waals surface area contributed by atoms with Gasteiger partial charge >= 0.3 is 0 Å². The number of rotatable bonds is 7. The maximum absolute atomic E-state index is 12.5. The summed E-state index contributed by atoms with van der Waals surface area (Å²) in [6, 6.07) is 9.15. The molecule has 0 aliphatic carbocycles. The molecule has 9 heteroatoms. The first-order valence-corrected chi connectivity index (χ1v) is 11.1. The number of nitrogens with one attached hydrogen (secondary N) is 1. The Balaban J connectivity index is 1.33. The first-order chi connectivity index (χ1) is 14.0. The molecule has 3 heterocycles. The Labute approximate surface area is 171 Å². The minimum atomic E-state index is -3.49. The first-order valence-electron chi connectivity index (χ1n) is 9.70. The Kier molecular flexibility index (Phi) is 5.89. The van der Waals surface area contributed by atoms with Crippen LogP contribution >= 0.6 is 0 Å². The van der Waals surface area contributed by atoms with Crippen molar-refractivity contribution in [3.8, 4) is 17.4 Å². The van der Waals surface area contributed by atoms with Crippen LogP contribution in [0.15, 0.2) is 36.5 Å². The van der Waals surface area contributed by atoms with Crippen molar-refractivity contribution in [2.45, 2.75) is 32.9 Å². The zero-order valence-electron chi connectivity index (χ0n) is 16.3. The summed E-state index contributed by atoms with van der Waals surface area (Å²) in [5.41, 5.74) is 1.72. The van der Waals surface area contributed by atoms with Crippen molar-refractivity contribution < 1.29 is 22.6 Å². The lowest BCUT2D eigenvalue weighted by Gasteiger charge is -2.30. The Morgan fingerprint density at radius 3 is 2.93 bits per heavy atom. The van der Waals surface area contributed by atoms with Gasteiger partial charge in [-0.25, -0.2) is 4.98 Å². The van der Waals surface area contributed by atoms with E-state index in [4.69, 9.17) is 14.2 Å². The second-order valence-corrected chi connectivity index (χ2v) is 9.17. The molecule has 4 rings (SSSR count). The highest BCUT2D eigenvalue weighted by Crippen LogP contribution is 2.32. The van der Waals surface area contributed by atoms with Gasteiger partial charge in [-0.3, -0.25) is 0 Å². The first kappa shape index (κ1) is 19.9. The van der Waals surface area contributed by atoms with Gasteiger partial charge in [-0.1, -0.05) is 13.0 Å². The molecule has 0 spiro atoms. The van der Waals surface area contributed by atoms with Crippen molar-refractivity contribution in [2.24, 2.45) is 5.92 Å². The van der Waals surface area contributed by atoms with Gasteiger partial charge in [0.1, 0.15) is 6.61 Å². The third kappa shape index (κ3) is 4.98. The van der Waals surface area contributed by atoms with Crippen LogP contribution in [0.3, 0.4) is 0 Å². The molecule has 2 aliphatic rings. The summed E-state index contributed by atoms with van der Waals surface area (Å²) >= 11 is 0. The number of piperidine rings is 1. The van der Waals surface area contributed by atoms with Gasteiger partial charge in [-0.15, -0.1) is 0 Å². The van der Waals surface area contributed by atoms with Crippen molar-refractivity contribution in [3.05, 3.63) is 47.7 Å². The second-order valence-electron chi connectivity index (χ2n) is 7.41. The van der Waals surface area contributed by atoms with Crippen LogP contribution < -0.4 is 18.9 Å². The highest BCUT2D eigenvalue weighted by molar-refractivity contribution is 7.87. The molecule has 2 aromatic rings. The fraction of sp³-hybridized carbons (Fsp3) is 0.450. The number of hydrogen-bond acceptors (Lipinski definition) is 6. The van der Waals surface area contributed by atoms with Gasteiger partial charge < -0.3 is 14.2 Å². The molecule has 29 heavy (non-hydrogen) atoms. The van der Waals surface area contributed by atoms with E-state index in [1.807, 2.05) is 18.2 Å². The number of aromatic nitrogens is 1. The van der Waals surface area contributed by atoms with Gasteiger partial charge in [-0.2, -0.15) is 17.4 Å². The van der Waals surface area contributed by atoms with Gasteiger partial charge in [0.05, 0.1) is 0 Å². The number of benzene rings is 1. The third-order valence-electron chi connectivity index (χ3n) is 5.04. The number of hydrogen-bond donors (Lipinski definition) is 1. The van der Waals surface area contributed by atoms with Crippen LogP contribution in [-0.4, -0.2) is 37.6 Å². The molecular weight excluding hydrogens is 394 g/mol. The van der Waals surface area contributed by atoms with E-state index < -0.39 is 10.2 Å². The van der Waals surface area contributed by atoms with Gasteiger partial charge in [0.15, 0.2) is 11.5 Å². The summed E-state index contributed by atoms with van der Waals surface area (Å²) in [4.78, 5) is 4.21. The van der Waals surface area contributed by atoms with Crippen LogP contribution in [0.5, 0.6) is 17.4 Å². The molecule has 0 amide bonds. The molecule has 1 saturated heterocycles. The lowest BCUT2D eigenvalue weighted by atomic mass is 10.0. The van der Waals surface area contributed by atoms with E-state index >= 15 is 0 Å².